The highest BCUT2D eigenvalue weighted by molar-refractivity contribution is 8.00. The zero-order valence-electron chi connectivity index (χ0n) is 14.5. The van der Waals surface area contributed by atoms with E-state index in [1.807, 2.05) is 61.5 Å². The van der Waals surface area contributed by atoms with Crippen LogP contribution in [0.4, 0.5) is 5.69 Å². The number of para-hydroxylation sites is 1. The van der Waals surface area contributed by atoms with E-state index >= 15 is 0 Å². The van der Waals surface area contributed by atoms with Crippen molar-refractivity contribution < 1.29 is 4.79 Å². The number of nitrogens with one attached hydrogen (secondary N) is 1. The van der Waals surface area contributed by atoms with E-state index in [-0.39, 0.29) is 11.7 Å². The van der Waals surface area contributed by atoms with Gasteiger partial charge in [0.2, 0.25) is 5.91 Å². The maximum absolute atomic E-state index is 12.2. The number of rotatable bonds is 5. The largest absolute Gasteiger partial charge is 0.325 e. The molecule has 0 saturated carbocycles. The summed E-state index contributed by atoms with van der Waals surface area (Å²) in [6.45, 7) is 2.00. The molecule has 4 aromatic rings. The lowest BCUT2D eigenvalue weighted by Gasteiger charge is -2.05. The molecule has 2 aromatic carbocycles. The van der Waals surface area contributed by atoms with Crippen LogP contribution in [-0.2, 0) is 4.79 Å². The highest BCUT2D eigenvalue weighted by Crippen LogP contribution is 2.24. The molecule has 0 atom stereocenters. The molecule has 1 amide bonds. The zero-order valence-corrected chi connectivity index (χ0v) is 15.3. The minimum Gasteiger partial charge on any atom is -0.325 e. The minimum absolute atomic E-state index is 0.105. The average molecular weight is 376 g/mol. The summed E-state index contributed by atoms with van der Waals surface area (Å²) >= 11 is 1.31. The Morgan fingerprint density at radius 2 is 1.85 bits per heavy atom. The summed E-state index contributed by atoms with van der Waals surface area (Å²) in [6, 6.07) is 17.3. The van der Waals surface area contributed by atoms with Gasteiger partial charge in [-0.2, -0.15) is 4.68 Å². The normalized spacial score (nSPS) is 10.9. The average Bonchev–Trinajstić information content (AvgIpc) is 3.13. The molecule has 0 spiro atoms. The second kappa shape index (κ2) is 7.55. The Morgan fingerprint density at radius 3 is 2.63 bits per heavy atom. The number of hydrogen-bond acceptors (Lipinski definition) is 6. The summed E-state index contributed by atoms with van der Waals surface area (Å²) in [5.74, 6) is 0.115. The molecule has 0 aliphatic carbocycles. The van der Waals surface area contributed by atoms with E-state index in [1.54, 1.807) is 4.68 Å². The molecule has 0 aliphatic heterocycles. The van der Waals surface area contributed by atoms with Crippen LogP contribution in [0.25, 0.3) is 16.9 Å². The van der Waals surface area contributed by atoms with Gasteiger partial charge >= 0.3 is 0 Å². The van der Waals surface area contributed by atoms with Crippen molar-refractivity contribution in [2.24, 2.45) is 0 Å². The fraction of sp³-hybridized carbons (Fsp3) is 0.105. The molecule has 0 bridgehead atoms. The molecule has 0 saturated heterocycles. The number of nitrogens with zero attached hydrogens (tertiary/aromatic N) is 5. The summed E-state index contributed by atoms with van der Waals surface area (Å²) in [7, 11) is 0. The van der Waals surface area contributed by atoms with E-state index in [2.05, 4.69) is 25.6 Å². The smallest absolute Gasteiger partial charge is 0.234 e. The molecule has 134 valence electrons. The number of fused-ring (bicyclic) bond motifs is 1. The van der Waals surface area contributed by atoms with Crippen LogP contribution in [-0.4, -0.2) is 36.6 Å². The van der Waals surface area contributed by atoms with Crippen LogP contribution >= 0.6 is 11.8 Å². The molecule has 1 N–H and O–H groups in total. The van der Waals surface area contributed by atoms with Crippen LogP contribution in [0.2, 0.25) is 0 Å². The van der Waals surface area contributed by atoms with Crippen molar-refractivity contribution >= 4 is 34.5 Å². The number of carbonyl (C=O) groups is 1. The van der Waals surface area contributed by atoms with Gasteiger partial charge in [0.25, 0.3) is 0 Å². The molecule has 2 heterocycles. The summed E-state index contributed by atoms with van der Waals surface area (Å²) in [5, 5.41) is 11.9. The number of benzene rings is 2. The first kappa shape index (κ1) is 17.2. The molecule has 0 unspecified atom stereocenters. The number of aromatic nitrogens is 5. The Kier molecular flexibility index (Phi) is 4.80. The van der Waals surface area contributed by atoms with Crippen LogP contribution in [0.15, 0.2) is 66.0 Å². The van der Waals surface area contributed by atoms with Crippen molar-refractivity contribution in [2.75, 3.05) is 11.1 Å². The van der Waals surface area contributed by atoms with Gasteiger partial charge in [0.05, 0.1) is 11.4 Å². The topological polar surface area (TPSA) is 85.6 Å². The summed E-state index contributed by atoms with van der Waals surface area (Å²) in [4.78, 5) is 20.8. The van der Waals surface area contributed by atoms with Crippen LogP contribution in [0, 0.1) is 6.92 Å². The molecule has 8 heteroatoms. The van der Waals surface area contributed by atoms with E-state index < -0.39 is 0 Å². The molecular formula is C19H16N6OS. The SMILES string of the molecule is Cc1ccc(NC(=O)CSc2ncnc3c2nnn3-c2ccccc2)cc1. The fourth-order valence-electron chi connectivity index (χ4n) is 2.54. The van der Waals surface area contributed by atoms with Crippen LogP contribution in [0.3, 0.4) is 0 Å². The third-order valence-electron chi connectivity index (χ3n) is 3.88. The summed E-state index contributed by atoms with van der Waals surface area (Å²) in [5.41, 5.74) is 3.97. The van der Waals surface area contributed by atoms with Crippen molar-refractivity contribution in [1.82, 2.24) is 25.0 Å². The number of anilines is 1. The van der Waals surface area contributed by atoms with Crippen molar-refractivity contribution in [3.63, 3.8) is 0 Å². The fourth-order valence-corrected chi connectivity index (χ4v) is 3.28. The molecule has 4 rings (SSSR count). The Balaban J connectivity index is 1.50. The predicted octanol–water partition coefficient (Wildman–Crippen LogP) is 3.25. The second-order valence-corrected chi connectivity index (χ2v) is 6.85. The van der Waals surface area contributed by atoms with Gasteiger partial charge in [-0.05, 0) is 31.2 Å². The monoisotopic (exact) mass is 376 g/mol. The Bertz CT molecular complexity index is 1080. The van der Waals surface area contributed by atoms with Crippen LogP contribution in [0.1, 0.15) is 5.56 Å². The van der Waals surface area contributed by atoms with E-state index in [9.17, 15) is 4.79 Å². The van der Waals surface area contributed by atoms with Crippen molar-refractivity contribution in [3.05, 3.63) is 66.5 Å². The summed E-state index contributed by atoms with van der Waals surface area (Å²) in [6.07, 6.45) is 1.46. The lowest BCUT2D eigenvalue weighted by Crippen LogP contribution is -2.14. The van der Waals surface area contributed by atoms with Crippen molar-refractivity contribution in [2.45, 2.75) is 11.9 Å². The van der Waals surface area contributed by atoms with Gasteiger partial charge in [0.15, 0.2) is 11.2 Å². The first-order valence-corrected chi connectivity index (χ1v) is 9.30. The minimum atomic E-state index is -0.105. The number of aryl methyl sites for hydroxylation is 1. The van der Waals surface area contributed by atoms with Crippen LogP contribution < -0.4 is 5.32 Å². The number of carbonyl (C=O) groups excluding carboxylic acids is 1. The maximum atomic E-state index is 12.2. The van der Waals surface area contributed by atoms with Gasteiger partial charge in [0.1, 0.15) is 11.4 Å². The molecule has 0 fully saturated rings. The van der Waals surface area contributed by atoms with Gasteiger partial charge < -0.3 is 5.32 Å². The lowest BCUT2D eigenvalue weighted by molar-refractivity contribution is -0.113. The van der Waals surface area contributed by atoms with E-state index in [1.165, 1.54) is 18.1 Å². The first-order chi connectivity index (χ1) is 13.2. The third-order valence-corrected chi connectivity index (χ3v) is 4.86. The lowest BCUT2D eigenvalue weighted by atomic mass is 10.2. The quantitative estimate of drug-likeness (QED) is 0.425. The Morgan fingerprint density at radius 1 is 1.07 bits per heavy atom. The van der Waals surface area contributed by atoms with E-state index in [0.29, 0.717) is 16.2 Å². The van der Waals surface area contributed by atoms with Gasteiger partial charge in [-0.1, -0.05) is 52.9 Å². The van der Waals surface area contributed by atoms with Gasteiger partial charge in [-0.3, -0.25) is 4.79 Å². The molecule has 7 nitrogen and oxygen atoms in total. The molecule has 0 aliphatic rings. The van der Waals surface area contributed by atoms with Gasteiger partial charge in [-0.25, -0.2) is 9.97 Å². The number of thioether (sulfide) groups is 1. The molecule has 2 aromatic heterocycles. The standard InChI is InChI=1S/C19H16N6OS/c1-13-7-9-14(10-8-13)22-16(26)11-27-19-17-18(20-12-21-19)25(24-23-17)15-5-3-2-4-6-15/h2-10,12H,11H2,1H3,(H,22,26). The predicted molar refractivity (Wildman–Crippen MR) is 105 cm³/mol. The number of hydrogen-bond donors (Lipinski definition) is 1. The van der Waals surface area contributed by atoms with E-state index in [0.717, 1.165) is 16.9 Å². The van der Waals surface area contributed by atoms with E-state index in [4.69, 9.17) is 0 Å². The highest BCUT2D eigenvalue weighted by Gasteiger charge is 2.14. The highest BCUT2D eigenvalue weighted by atomic mass is 32.2. The molecule has 27 heavy (non-hydrogen) atoms. The van der Waals surface area contributed by atoms with Gasteiger partial charge in [-0.15, -0.1) is 5.10 Å². The second-order valence-electron chi connectivity index (χ2n) is 5.89. The van der Waals surface area contributed by atoms with Crippen LogP contribution in [0.5, 0.6) is 0 Å². The third kappa shape index (κ3) is 3.80. The van der Waals surface area contributed by atoms with Crippen molar-refractivity contribution in [3.8, 4) is 5.69 Å². The van der Waals surface area contributed by atoms with Gasteiger partial charge in [0, 0.05) is 5.69 Å². The zero-order chi connectivity index (χ0) is 18.6. The number of amides is 1. The Hall–Kier alpha value is -3.26. The summed E-state index contributed by atoms with van der Waals surface area (Å²) < 4.78 is 1.66. The molecule has 0 radical (unpaired) electrons. The Labute approximate surface area is 159 Å². The first-order valence-electron chi connectivity index (χ1n) is 8.32. The van der Waals surface area contributed by atoms with Crippen molar-refractivity contribution in [1.29, 1.82) is 0 Å². The molecular weight excluding hydrogens is 360 g/mol. The maximum Gasteiger partial charge on any atom is 0.234 e.